The van der Waals surface area contributed by atoms with Crippen molar-refractivity contribution in [3.05, 3.63) is 53.8 Å². The lowest BCUT2D eigenvalue weighted by molar-refractivity contribution is -0.0885. The minimum atomic E-state index is -4.35. The number of allylic oxidation sites excluding steroid dienone is 2. The average Bonchev–Trinajstić information content (AvgIpc) is 2.88. The molecule has 36 heavy (non-hydrogen) atoms. The molecule has 0 aliphatic carbocycles. The third kappa shape index (κ3) is 6.73. The fourth-order valence-electron chi connectivity index (χ4n) is 3.74. The zero-order chi connectivity index (χ0) is 26.1. The van der Waals surface area contributed by atoms with Gasteiger partial charge in [-0.2, -0.15) is 13.2 Å². The lowest BCUT2D eigenvalue weighted by Crippen LogP contribution is -2.36. The molecular weight excluding hydrogens is 477 g/mol. The highest BCUT2D eigenvalue weighted by molar-refractivity contribution is 5.73. The molecular formula is C24H29F3N6O3. The molecule has 2 aliphatic heterocycles. The van der Waals surface area contributed by atoms with E-state index in [1.54, 1.807) is 4.90 Å². The first-order valence-electron chi connectivity index (χ1n) is 11.3. The first-order valence-corrected chi connectivity index (χ1v) is 11.3. The number of anilines is 2. The standard InChI is InChI=1S/C23H25F3N4O3.CH4N2/c1-16-2-3-18(29-6-4-17(5-7-29)23(24,25)26)14-19(16)20-15-21(30-8-11-32-12-9-30)22(28-27-20)33-13-10-31;2-1-3/h2-6,14-15,31H,7-13H2,1H3;1H,(H3,2,3). The highest BCUT2D eigenvalue weighted by atomic mass is 19.4. The van der Waals surface area contributed by atoms with E-state index in [0.29, 0.717) is 37.9 Å². The van der Waals surface area contributed by atoms with Gasteiger partial charge in [0.15, 0.2) is 0 Å². The molecule has 0 spiro atoms. The number of hydrogen-bond donors (Lipinski definition) is 3. The summed E-state index contributed by atoms with van der Waals surface area (Å²) in [6.07, 6.45) is 0.0795. The van der Waals surface area contributed by atoms with E-state index in [-0.39, 0.29) is 19.8 Å². The molecule has 0 unspecified atom stereocenters. The summed E-state index contributed by atoms with van der Waals surface area (Å²) in [7, 11) is 0. The van der Waals surface area contributed by atoms with E-state index >= 15 is 0 Å². The summed E-state index contributed by atoms with van der Waals surface area (Å²) in [5.41, 5.74) is 7.65. The van der Waals surface area contributed by atoms with Crippen LogP contribution in [0.4, 0.5) is 24.5 Å². The largest absolute Gasteiger partial charge is 0.473 e. The Labute approximate surface area is 207 Å². The molecule has 194 valence electrons. The number of aromatic nitrogens is 2. The molecule has 4 N–H and O–H groups in total. The Kier molecular flexibility index (Phi) is 9.25. The second-order valence-electron chi connectivity index (χ2n) is 7.88. The third-order valence-corrected chi connectivity index (χ3v) is 5.52. The fourth-order valence-corrected chi connectivity index (χ4v) is 3.74. The molecule has 4 rings (SSSR count). The van der Waals surface area contributed by atoms with Gasteiger partial charge in [0.1, 0.15) is 12.3 Å². The van der Waals surface area contributed by atoms with Gasteiger partial charge in [0.2, 0.25) is 0 Å². The molecule has 3 heterocycles. The van der Waals surface area contributed by atoms with Gasteiger partial charge in [-0.05, 0) is 36.8 Å². The van der Waals surface area contributed by atoms with Crippen LogP contribution in [0.15, 0.2) is 48.2 Å². The molecule has 0 saturated carbocycles. The Balaban J connectivity index is 0.00000115. The van der Waals surface area contributed by atoms with E-state index < -0.39 is 11.7 Å². The Morgan fingerprint density at radius 1 is 1.22 bits per heavy atom. The van der Waals surface area contributed by atoms with Gasteiger partial charge < -0.3 is 30.1 Å². The van der Waals surface area contributed by atoms with Gasteiger partial charge in [0.25, 0.3) is 5.88 Å². The second-order valence-corrected chi connectivity index (χ2v) is 7.88. The van der Waals surface area contributed by atoms with Crippen LogP contribution in [0.5, 0.6) is 5.88 Å². The van der Waals surface area contributed by atoms with Gasteiger partial charge in [-0.3, -0.25) is 5.41 Å². The molecule has 2 aliphatic rings. The Morgan fingerprint density at radius 3 is 2.56 bits per heavy atom. The van der Waals surface area contributed by atoms with Gasteiger partial charge in [-0.25, -0.2) is 0 Å². The number of nitrogens with one attached hydrogen (secondary N) is 1. The molecule has 2 aromatic rings. The molecule has 9 nitrogen and oxygen atoms in total. The maximum Gasteiger partial charge on any atom is 0.416 e. The van der Waals surface area contributed by atoms with E-state index in [4.69, 9.17) is 20.0 Å². The van der Waals surface area contributed by atoms with E-state index in [1.807, 2.05) is 31.2 Å². The second kappa shape index (κ2) is 12.4. The molecule has 0 amide bonds. The Morgan fingerprint density at radius 2 is 1.94 bits per heavy atom. The van der Waals surface area contributed by atoms with Crippen molar-refractivity contribution in [1.82, 2.24) is 10.2 Å². The number of benzene rings is 1. The van der Waals surface area contributed by atoms with Gasteiger partial charge in [0, 0.05) is 37.1 Å². The summed E-state index contributed by atoms with van der Waals surface area (Å²) in [6, 6.07) is 7.57. The minimum Gasteiger partial charge on any atom is -0.473 e. The first-order chi connectivity index (χ1) is 17.3. The van der Waals surface area contributed by atoms with Crippen molar-refractivity contribution >= 4 is 17.7 Å². The highest BCUT2D eigenvalue weighted by Crippen LogP contribution is 2.35. The summed E-state index contributed by atoms with van der Waals surface area (Å²) in [4.78, 5) is 3.84. The number of ether oxygens (including phenoxy) is 2. The van der Waals surface area contributed by atoms with Crippen molar-refractivity contribution in [2.75, 3.05) is 55.9 Å². The number of morpholine rings is 1. The maximum absolute atomic E-state index is 12.9. The third-order valence-electron chi connectivity index (χ3n) is 5.52. The van der Waals surface area contributed by atoms with Crippen molar-refractivity contribution in [2.45, 2.75) is 13.1 Å². The summed E-state index contributed by atoms with van der Waals surface area (Å²) in [5.74, 6) is 0.340. The topological polar surface area (TPSA) is 121 Å². The van der Waals surface area contributed by atoms with E-state index in [9.17, 15) is 13.2 Å². The number of aryl methyl sites for hydroxylation is 1. The van der Waals surface area contributed by atoms with Gasteiger partial charge in [-0.1, -0.05) is 12.1 Å². The predicted molar refractivity (Wildman–Crippen MR) is 131 cm³/mol. The fraction of sp³-hybridized carbons (Fsp3) is 0.375. The van der Waals surface area contributed by atoms with E-state index in [2.05, 4.69) is 20.8 Å². The van der Waals surface area contributed by atoms with Crippen LogP contribution in [0.2, 0.25) is 0 Å². The first kappa shape index (κ1) is 27.0. The van der Waals surface area contributed by atoms with Crippen LogP contribution in [0, 0.1) is 12.3 Å². The highest BCUT2D eigenvalue weighted by Gasteiger charge is 2.32. The number of nitrogens with zero attached hydrogens (tertiary/aromatic N) is 4. The number of hydrogen-bond acceptors (Lipinski definition) is 8. The lowest BCUT2D eigenvalue weighted by atomic mass is 10.0. The normalized spacial score (nSPS) is 15.6. The van der Waals surface area contributed by atoms with Crippen LogP contribution in [-0.4, -0.2) is 73.9 Å². The van der Waals surface area contributed by atoms with Gasteiger partial charge in [-0.15, -0.1) is 10.2 Å². The Bertz CT molecular complexity index is 1100. The monoisotopic (exact) mass is 506 g/mol. The average molecular weight is 507 g/mol. The van der Waals surface area contributed by atoms with E-state index in [1.165, 1.54) is 12.3 Å². The molecule has 1 saturated heterocycles. The molecule has 0 bridgehead atoms. The predicted octanol–water partition coefficient (Wildman–Crippen LogP) is 3.03. The van der Waals surface area contributed by atoms with Crippen LogP contribution in [0.1, 0.15) is 5.56 Å². The minimum absolute atomic E-state index is 0.106. The zero-order valence-electron chi connectivity index (χ0n) is 19.8. The molecule has 12 heteroatoms. The van der Waals surface area contributed by atoms with Crippen LogP contribution >= 0.6 is 0 Å². The molecule has 1 fully saturated rings. The summed E-state index contributed by atoms with van der Waals surface area (Å²) >= 11 is 0. The summed E-state index contributed by atoms with van der Waals surface area (Å²) in [6.45, 7) is 4.54. The smallest absolute Gasteiger partial charge is 0.416 e. The summed E-state index contributed by atoms with van der Waals surface area (Å²) < 4.78 is 49.8. The van der Waals surface area contributed by atoms with Crippen molar-refractivity contribution in [3.63, 3.8) is 0 Å². The molecule has 0 radical (unpaired) electrons. The maximum atomic E-state index is 12.9. The number of aliphatic hydroxyl groups is 1. The van der Waals surface area contributed by atoms with E-state index in [0.717, 1.165) is 34.9 Å². The van der Waals surface area contributed by atoms with Crippen molar-refractivity contribution < 1.29 is 27.8 Å². The van der Waals surface area contributed by atoms with Crippen LogP contribution < -0.4 is 20.3 Å². The molecule has 0 atom stereocenters. The van der Waals surface area contributed by atoms with Gasteiger partial charge >= 0.3 is 6.18 Å². The Hall–Kier alpha value is -3.64. The van der Waals surface area contributed by atoms with Crippen molar-refractivity contribution in [1.29, 1.82) is 5.41 Å². The van der Waals surface area contributed by atoms with Crippen molar-refractivity contribution in [2.24, 2.45) is 5.73 Å². The van der Waals surface area contributed by atoms with Crippen LogP contribution in [0.25, 0.3) is 11.3 Å². The quantitative estimate of drug-likeness (QED) is 0.404. The zero-order valence-corrected chi connectivity index (χ0v) is 19.8. The van der Waals surface area contributed by atoms with Crippen molar-refractivity contribution in [3.8, 4) is 17.1 Å². The number of rotatable bonds is 6. The molecule has 1 aromatic heterocycles. The van der Waals surface area contributed by atoms with Crippen LogP contribution in [0.3, 0.4) is 0 Å². The number of halogens is 3. The number of aliphatic hydroxyl groups excluding tert-OH is 1. The van der Waals surface area contributed by atoms with Gasteiger partial charge in [0.05, 0.1) is 37.4 Å². The lowest BCUT2D eigenvalue weighted by Gasteiger charge is -2.30. The van der Waals surface area contributed by atoms with Crippen LogP contribution in [-0.2, 0) is 4.74 Å². The number of alkyl halides is 3. The molecule has 1 aromatic carbocycles. The SMILES string of the molecule is Cc1ccc(N2C=CC(C(F)(F)F)=CC2)cc1-c1cc(N2CCOCC2)c(OCCO)nn1.N=CN. The number of nitrogens with two attached hydrogens (primary N) is 1. The summed E-state index contributed by atoms with van der Waals surface area (Å²) in [5, 5.41) is 23.6.